The van der Waals surface area contributed by atoms with E-state index in [4.69, 9.17) is 4.98 Å². The van der Waals surface area contributed by atoms with Crippen LogP contribution in [0.5, 0.6) is 0 Å². The number of rotatable bonds is 5. The number of benzene rings is 1. The first-order valence-electron chi connectivity index (χ1n) is 7.29. The molecule has 118 valence electrons. The Bertz CT molecular complexity index is 805. The topological polar surface area (TPSA) is 54.9 Å². The monoisotopic (exact) mass is 343 g/mol. The molecule has 1 aromatic carbocycles. The van der Waals surface area contributed by atoms with Crippen molar-refractivity contribution in [3.05, 3.63) is 56.3 Å². The molecule has 0 unspecified atom stereocenters. The van der Waals surface area contributed by atoms with E-state index in [1.54, 1.807) is 22.7 Å². The lowest BCUT2D eigenvalue weighted by Crippen LogP contribution is -2.18. The van der Waals surface area contributed by atoms with Gasteiger partial charge >= 0.3 is 0 Å². The molecule has 0 saturated heterocycles. The zero-order valence-corrected chi connectivity index (χ0v) is 14.6. The third kappa shape index (κ3) is 4.24. The van der Waals surface area contributed by atoms with Gasteiger partial charge in [-0.2, -0.15) is 0 Å². The molecule has 6 heteroatoms. The lowest BCUT2D eigenvalue weighted by molar-refractivity contribution is -0.119. The summed E-state index contributed by atoms with van der Waals surface area (Å²) in [6, 6.07) is 8.13. The quantitative estimate of drug-likeness (QED) is 0.766. The van der Waals surface area contributed by atoms with Crippen LogP contribution in [0, 0.1) is 6.92 Å². The summed E-state index contributed by atoms with van der Waals surface area (Å²) in [5, 5.41) is 9.13. The SMILES string of the molecule is CC(=O)NCc1ccc(-c2csc(Cc3csc(C)n3)n2)cc1. The smallest absolute Gasteiger partial charge is 0.217 e. The van der Waals surface area contributed by atoms with E-state index in [-0.39, 0.29) is 5.91 Å². The average molecular weight is 343 g/mol. The summed E-state index contributed by atoms with van der Waals surface area (Å²) in [5.41, 5.74) is 4.24. The van der Waals surface area contributed by atoms with Gasteiger partial charge in [0.2, 0.25) is 5.91 Å². The van der Waals surface area contributed by atoms with Crippen LogP contribution in [0.1, 0.15) is 28.2 Å². The summed E-state index contributed by atoms with van der Waals surface area (Å²) in [6.45, 7) is 4.10. The predicted octanol–water partition coefficient (Wildman–Crippen LogP) is 3.80. The van der Waals surface area contributed by atoms with Crippen LogP contribution in [0.4, 0.5) is 0 Å². The minimum atomic E-state index is -0.0181. The second-order valence-corrected chi connectivity index (χ2v) is 7.27. The molecular weight excluding hydrogens is 326 g/mol. The number of hydrogen-bond acceptors (Lipinski definition) is 5. The fraction of sp³-hybridized carbons (Fsp3) is 0.235. The fourth-order valence-electron chi connectivity index (χ4n) is 2.19. The van der Waals surface area contributed by atoms with Gasteiger partial charge in [-0.1, -0.05) is 24.3 Å². The van der Waals surface area contributed by atoms with Gasteiger partial charge in [-0.3, -0.25) is 4.79 Å². The van der Waals surface area contributed by atoms with Gasteiger partial charge in [0.15, 0.2) is 0 Å². The number of carbonyl (C=O) groups is 1. The first-order valence-corrected chi connectivity index (χ1v) is 9.05. The van der Waals surface area contributed by atoms with Crippen molar-refractivity contribution < 1.29 is 4.79 Å². The van der Waals surface area contributed by atoms with Crippen molar-refractivity contribution in [1.29, 1.82) is 0 Å². The van der Waals surface area contributed by atoms with Crippen molar-refractivity contribution in [2.24, 2.45) is 0 Å². The largest absolute Gasteiger partial charge is 0.352 e. The van der Waals surface area contributed by atoms with Crippen molar-refractivity contribution in [2.45, 2.75) is 26.8 Å². The molecule has 23 heavy (non-hydrogen) atoms. The van der Waals surface area contributed by atoms with Gasteiger partial charge in [0.1, 0.15) is 0 Å². The summed E-state index contributed by atoms with van der Waals surface area (Å²) < 4.78 is 0. The number of hydrogen-bond donors (Lipinski definition) is 1. The Morgan fingerprint density at radius 3 is 2.57 bits per heavy atom. The molecule has 0 aliphatic rings. The fourth-order valence-corrected chi connectivity index (χ4v) is 3.62. The second kappa shape index (κ2) is 7.02. The molecule has 3 rings (SSSR count). The molecule has 0 fully saturated rings. The van der Waals surface area contributed by atoms with Gasteiger partial charge in [0.05, 0.1) is 21.4 Å². The molecule has 0 saturated carbocycles. The lowest BCUT2D eigenvalue weighted by atomic mass is 10.1. The number of nitrogens with one attached hydrogen (secondary N) is 1. The molecule has 0 aliphatic heterocycles. The van der Waals surface area contributed by atoms with Gasteiger partial charge in [-0.25, -0.2) is 9.97 Å². The van der Waals surface area contributed by atoms with Crippen LogP contribution in [0.3, 0.4) is 0 Å². The molecule has 1 N–H and O–H groups in total. The van der Waals surface area contributed by atoms with Crippen LogP contribution < -0.4 is 5.32 Å². The van der Waals surface area contributed by atoms with Crippen LogP contribution in [0.2, 0.25) is 0 Å². The standard InChI is InChI=1S/C17H17N3OS2/c1-11(21)18-8-13-3-5-14(6-4-13)16-10-23-17(20-16)7-15-9-22-12(2)19-15/h3-6,9-10H,7-8H2,1-2H3,(H,18,21). The highest BCUT2D eigenvalue weighted by atomic mass is 32.1. The highest BCUT2D eigenvalue weighted by Crippen LogP contribution is 2.24. The number of thiazole rings is 2. The Morgan fingerprint density at radius 2 is 1.91 bits per heavy atom. The van der Waals surface area contributed by atoms with E-state index in [1.807, 2.05) is 31.2 Å². The third-order valence-electron chi connectivity index (χ3n) is 3.34. The van der Waals surface area contributed by atoms with Crippen LogP contribution in [-0.2, 0) is 17.8 Å². The van der Waals surface area contributed by atoms with Crippen molar-refractivity contribution >= 4 is 28.6 Å². The predicted molar refractivity (Wildman–Crippen MR) is 94.7 cm³/mol. The number of amides is 1. The maximum absolute atomic E-state index is 10.9. The van der Waals surface area contributed by atoms with E-state index in [0.29, 0.717) is 6.54 Å². The minimum absolute atomic E-state index is 0.0181. The van der Waals surface area contributed by atoms with Crippen LogP contribution >= 0.6 is 22.7 Å². The zero-order chi connectivity index (χ0) is 16.2. The Kier molecular flexibility index (Phi) is 4.83. The molecule has 0 spiro atoms. The molecule has 2 aromatic heterocycles. The number of aromatic nitrogens is 2. The summed E-state index contributed by atoms with van der Waals surface area (Å²) in [5.74, 6) is -0.0181. The first kappa shape index (κ1) is 15.8. The molecule has 0 aliphatic carbocycles. The minimum Gasteiger partial charge on any atom is -0.352 e. The molecule has 3 aromatic rings. The van der Waals surface area contributed by atoms with Crippen molar-refractivity contribution in [3.8, 4) is 11.3 Å². The Hall–Kier alpha value is -2.05. The number of nitrogens with zero attached hydrogens (tertiary/aromatic N) is 2. The maximum atomic E-state index is 10.9. The molecule has 2 heterocycles. The Morgan fingerprint density at radius 1 is 1.13 bits per heavy atom. The summed E-state index contributed by atoms with van der Waals surface area (Å²) >= 11 is 3.33. The van der Waals surface area contributed by atoms with E-state index in [1.165, 1.54) is 6.92 Å². The van der Waals surface area contributed by atoms with E-state index in [2.05, 4.69) is 21.1 Å². The van der Waals surface area contributed by atoms with Crippen molar-refractivity contribution in [1.82, 2.24) is 15.3 Å². The normalized spacial score (nSPS) is 10.7. The van der Waals surface area contributed by atoms with Gasteiger partial charge in [0.25, 0.3) is 0 Å². The molecule has 0 radical (unpaired) electrons. The van der Waals surface area contributed by atoms with Crippen LogP contribution in [-0.4, -0.2) is 15.9 Å². The molecular formula is C17H17N3OS2. The highest BCUT2D eigenvalue weighted by Gasteiger charge is 2.07. The van der Waals surface area contributed by atoms with E-state index < -0.39 is 0 Å². The van der Waals surface area contributed by atoms with Gasteiger partial charge in [-0.15, -0.1) is 22.7 Å². The zero-order valence-electron chi connectivity index (χ0n) is 13.0. The van der Waals surface area contributed by atoms with E-state index in [9.17, 15) is 4.79 Å². The van der Waals surface area contributed by atoms with Gasteiger partial charge in [0, 0.05) is 36.2 Å². The first-order chi connectivity index (χ1) is 11.1. The number of carbonyl (C=O) groups excluding carboxylic acids is 1. The maximum Gasteiger partial charge on any atom is 0.217 e. The van der Waals surface area contributed by atoms with Crippen LogP contribution in [0.25, 0.3) is 11.3 Å². The third-order valence-corrected chi connectivity index (χ3v) is 5.01. The van der Waals surface area contributed by atoms with E-state index >= 15 is 0 Å². The number of aryl methyl sites for hydroxylation is 1. The van der Waals surface area contributed by atoms with Crippen molar-refractivity contribution in [3.63, 3.8) is 0 Å². The van der Waals surface area contributed by atoms with Gasteiger partial charge < -0.3 is 5.32 Å². The van der Waals surface area contributed by atoms with Crippen molar-refractivity contribution in [2.75, 3.05) is 0 Å². The molecule has 4 nitrogen and oxygen atoms in total. The lowest BCUT2D eigenvalue weighted by Gasteiger charge is -2.03. The van der Waals surface area contributed by atoms with Crippen LogP contribution in [0.15, 0.2) is 35.0 Å². The molecule has 0 bridgehead atoms. The summed E-state index contributed by atoms with van der Waals surface area (Å²) in [7, 11) is 0. The Labute approximate surface area is 143 Å². The highest BCUT2D eigenvalue weighted by molar-refractivity contribution is 7.10. The Balaban J connectivity index is 1.68. The molecule has 0 atom stereocenters. The summed E-state index contributed by atoms with van der Waals surface area (Å²) in [4.78, 5) is 20.1. The summed E-state index contributed by atoms with van der Waals surface area (Å²) in [6.07, 6.45) is 0.787. The van der Waals surface area contributed by atoms with E-state index in [0.717, 1.165) is 39.0 Å². The average Bonchev–Trinajstić information content (AvgIpc) is 3.15. The molecule has 1 amide bonds. The van der Waals surface area contributed by atoms with Gasteiger partial charge in [-0.05, 0) is 12.5 Å². The second-order valence-electron chi connectivity index (χ2n) is 5.27.